The molecule has 1 unspecified atom stereocenters. The van der Waals surface area contributed by atoms with Crippen LogP contribution >= 0.6 is 11.8 Å². The van der Waals surface area contributed by atoms with Crippen LogP contribution in [0.25, 0.3) is 0 Å². The summed E-state index contributed by atoms with van der Waals surface area (Å²) < 4.78 is 6.16. The molecule has 19 heavy (non-hydrogen) atoms. The van der Waals surface area contributed by atoms with E-state index in [0.29, 0.717) is 5.25 Å². The van der Waals surface area contributed by atoms with E-state index in [1.807, 2.05) is 23.9 Å². The molecule has 1 aromatic carbocycles. The molecule has 2 N–H and O–H groups in total. The van der Waals surface area contributed by atoms with Gasteiger partial charge >= 0.3 is 0 Å². The Kier molecular flexibility index (Phi) is 4.04. The largest absolute Gasteiger partial charge is 0.399 e. The molecule has 2 fully saturated rings. The van der Waals surface area contributed by atoms with Crippen LogP contribution in [0.5, 0.6) is 0 Å². The van der Waals surface area contributed by atoms with Gasteiger partial charge in [0.15, 0.2) is 0 Å². The molecule has 2 nitrogen and oxygen atoms in total. The van der Waals surface area contributed by atoms with Crippen LogP contribution in [0.4, 0.5) is 5.69 Å². The van der Waals surface area contributed by atoms with Crippen molar-refractivity contribution in [1.29, 1.82) is 0 Å². The van der Waals surface area contributed by atoms with E-state index in [1.165, 1.54) is 49.8 Å². The molecule has 1 atom stereocenters. The Morgan fingerprint density at radius 1 is 1.21 bits per heavy atom. The lowest BCUT2D eigenvalue weighted by atomic mass is 9.80. The zero-order valence-corrected chi connectivity index (χ0v) is 12.3. The van der Waals surface area contributed by atoms with Gasteiger partial charge in [0.1, 0.15) is 0 Å². The quantitative estimate of drug-likeness (QED) is 0.821. The molecule has 1 heterocycles. The smallest absolute Gasteiger partial charge is 0.0693 e. The topological polar surface area (TPSA) is 35.2 Å². The van der Waals surface area contributed by atoms with Gasteiger partial charge in [-0.3, -0.25) is 0 Å². The number of ether oxygens (including phenoxy) is 1. The minimum Gasteiger partial charge on any atom is -0.399 e. The zero-order chi connectivity index (χ0) is 13.1. The number of benzene rings is 1. The van der Waals surface area contributed by atoms with Crippen molar-refractivity contribution in [2.75, 3.05) is 12.3 Å². The highest BCUT2D eigenvalue weighted by molar-refractivity contribution is 8.00. The zero-order valence-electron chi connectivity index (χ0n) is 11.4. The summed E-state index contributed by atoms with van der Waals surface area (Å²) in [6.07, 6.45) is 8.99. The monoisotopic (exact) mass is 277 g/mol. The Bertz CT molecular complexity index is 423. The maximum absolute atomic E-state index is 6.16. The summed E-state index contributed by atoms with van der Waals surface area (Å²) in [4.78, 5) is 1.30. The predicted molar refractivity (Wildman–Crippen MR) is 81.5 cm³/mol. The predicted octanol–water partition coefficient (Wildman–Crippen LogP) is 4.24. The number of rotatable bonds is 2. The summed E-state index contributed by atoms with van der Waals surface area (Å²) >= 11 is 1.99. The summed E-state index contributed by atoms with van der Waals surface area (Å²) in [5, 5.41) is 0.689. The lowest BCUT2D eigenvalue weighted by molar-refractivity contribution is -0.0970. The van der Waals surface area contributed by atoms with Crippen molar-refractivity contribution in [2.45, 2.75) is 60.7 Å². The first-order valence-corrected chi connectivity index (χ1v) is 8.30. The van der Waals surface area contributed by atoms with Crippen LogP contribution in [0.15, 0.2) is 29.2 Å². The van der Waals surface area contributed by atoms with Crippen molar-refractivity contribution < 1.29 is 4.74 Å². The van der Waals surface area contributed by atoms with Crippen LogP contribution in [0, 0.1) is 0 Å². The second kappa shape index (κ2) is 5.76. The average molecular weight is 277 g/mol. The number of thioether (sulfide) groups is 1. The van der Waals surface area contributed by atoms with E-state index in [9.17, 15) is 0 Å². The summed E-state index contributed by atoms with van der Waals surface area (Å²) in [5.74, 6) is 0. The van der Waals surface area contributed by atoms with Gasteiger partial charge in [-0.25, -0.2) is 0 Å². The second-order valence-electron chi connectivity index (χ2n) is 5.90. The van der Waals surface area contributed by atoms with E-state index in [4.69, 9.17) is 10.5 Å². The van der Waals surface area contributed by atoms with Crippen LogP contribution in [-0.4, -0.2) is 17.5 Å². The second-order valence-corrected chi connectivity index (χ2v) is 7.27. The molecule has 3 rings (SSSR count). The van der Waals surface area contributed by atoms with Crippen molar-refractivity contribution in [3.63, 3.8) is 0 Å². The first kappa shape index (κ1) is 13.3. The van der Waals surface area contributed by atoms with E-state index in [0.717, 1.165) is 12.3 Å². The average Bonchev–Trinajstić information content (AvgIpc) is 2.40. The maximum Gasteiger partial charge on any atom is 0.0693 e. The van der Waals surface area contributed by atoms with Crippen molar-refractivity contribution in [3.05, 3.63) is 24.3 Å². The first-order valence-electron chi connectivity index (χ1n) is 7.42. The van der Waals surface area contributed by atoms with Crippen molar-refractivity contribution in [1.82, 2.24) is 0 Å². The van der Waals surface area contributed by atoms with Gasteiger partial charge in [-0.15, -0.1) is 11.8 Å². The third-order valence-corrected chi connectivity index (χ3v) is 5.64. The van der Waals surface area contributed by atoms with E-state index in [1.54, 1.807) is 0 Å². The van der Waals surface area contributed by atoms with Crippen LogP contribution in [0.3, 0.4) is 0 Å². The third-order valence-electron chi connectivity index (χ3n) is 4.37. The van der Waals surface area contributed by atoms with Gasteiger partial charge < -0.3 is 10.5 Å². The number of nitrogen functional groups attached to an aromatic ring is 1. The minimum absolute atomic E-state index is 0.203. The summed E-state index contributed by atoms with van der Waals surface area (Å²) in [6, 6.07) is 8.27. The van der Waals surface area contributed by atoms with E-state index in [2.05, 4.69) is 12.1 Å². The maximum atomic E-state index is 6.16. The van der Waals surface area contributed by atoms with Crippen molar-refractivity contribution >= 4 is 17.4 Å². The Morgan fingerprint density at radius 3 is 2.84 bits per heavy atom. The van der Waals surface area contributed by atoms with Crippen molar-refractivity contribution in [2.24, 2.45) is 0 Å². The Hall–Kier alpha value is -0.670. The molecular formula is C16H23NOS. The molecule has 1 aliphatic carbocycles. The number of hydrogen-bond donors (Lipinski definition) is 1. The molecule has 0 radical (unpaired) electrons. The fourth-order valence-electron chi connectivity index (χ4n) is 3.41. The standard InChI is InChI=1S/C16H23NOS/c17-13-5-4-6-14(11-13)19-15-7-10-18-16(12-15)8-2-1-3-9-16/h4-6,11,15H,1-3,7-10,12,17H2. The van der Waals surface area contributed by atoms with Gasteiger partial charge in [0.05, 0.1) is 5.60 Å². The highest BCUT2D eigenvalue weighted by Crippen LogP contribution is 2.43. The van der Waals surface area contributed by atoms with Crippen LogP contribution < -0.4 is 5.73 Å². The van der Waals surface area contributed by atoms with E-state index < -0.39 is 0 Å². The molecule has 0 bridgehead atoms. The Balaban J connectivity index is 1.65. The molecule has 0 aromatic heterocycles. The Labute approximate surface area is 120 Å². The number of anilines is 1. The molecule has 3 heteroatoms. The van der Waals surface area contributed by atoms with Gasteiger partial charge in [0, 0.05) is 22.4 Å². The summed E-state index contributed by atoms with van der Waals surface area (Å²) in [7, 11) is 0. The normalized spacial score (nSPS) is 26.4. The molecule has 1 saturated carbocycles. The van der Waals surface area contributed by atoms with Crippen LogP contribution in [-0.2, 0) is 4.74 Å². The molecule has 0 amide bonds. The van der Waals surface area contributed by atoms with Gasteiger partial charge in [-0.2, -0.15) is 0 Å². The van der Waals surface area contributed by atoms with Gasteiger partial charge in [0.2, 0.25) is 0 Å². The third kappa shape index (κ3) is 3.26. The molecule has 1 saturated heterocycles. The molecule has 1 spiro atoms. The first-order chi connectivity index (χ1) is 9.26. The lowest BCUT2D eigenvalue weighted by Crippen LogP contribution is -2.42. The van der Waals surface area contributed by atoms with Crippen LogP contribution in [0.1, 0.15) is 44.9 Å². The SMILES string of the molecule is Nc1cccc(SC2CCOC3(CCCCC3)C2)c1. The van der Waals surface area contributed by atoms with Gasteiger partial charge in [-0.05, 0) is 43.9 Å². The summed E-state index contributed by atoms with van der Waals surface area (Å²) in [6.45, 7) is 0.931. The van der Waals surface area contributed by atoms with Crippen LogP contribution in [0.2, 0.25) is 0 Å². The van der Waals surface area contributed by atoms with E-state index >= 15 is 0 Å². The lowest BCUT2D eigenvalue weighted by Gasteiger charge is -2.43. The minimum atomic E-state index is 0.203. The fourth-order valence-corrected chi connectivity index (χ4v) is 4.76. The number of hydrogen-bond acceptors (Lipinski definition) is 3. The summed E-state index contributed by atoms with van der Waals surface area (Å²) in [5.41, 5.74) is 6.93. The van der Waals surface area contributed by atoms with Gasteiger partial charge in [-0.1, -0.05) is 25.3 Å². The van der Waals surface area contributed by atoms with E-state index in [-0.39, 0.29) is 5.60 Å². The Morgan fingerprint density at radius 2 is 2.05 bits per heavy atom. The molecule has 1 aromatic rings. The molecular weight excluding hydrogens is 254 g/mol. The highest BCUT2D eigenvalue weighted by atomic mass is 32.2. The molecule has 104 valence electrons. The number of nitrogens with two attached hydrogens (primary N) is 1. The van der Waals surface area contributed by atoms with Crippen molar-refractivity contribution in [3.8, 4) is 0 Å². The fraction of sp³-hybridized carbons (Fsp3) is 0.625. The highest BCUT2D eigenvalue weighted by Gasteiger charge is 2.38. The molecule has 2 aliphatic rings. The van der Waals surface area contributed by atoms with Gasteiger partial charge in [0.25, 0.3) is 0 Å². The molecule has 1 aliphatic heterocycles.